The molecule has 0 bridgehead atoms. The van der Waals surface area contributed by atoms with Gasteiger partial charge in [-0.3, -0.25) is 4.98 Å². The van der Waals surface area contributed by atoms with Crippen molar-refractivity contribution in [3.63, 3.8) is 0 Å². The second-order valence-electron chi connectivity index (χ2n) is 7.94. The van der Waals surface area contributed by atoms with Gasteiger partial charge in [-0.25, -0.2) is 0 Å². The molecule has 0 fully saturated rings. The first kappa shape index (κ1) is 17.3. The van der Waals surface area contributed by atoms with E-state index in [1.807, 2.05) is 0 Å². The lowest BCUT2D eigenvalue weighted by molar-refractivity contribution is 0.103. The van der Waals surface area contributed by atoms with Gasteiger partial charge in [0.05, 0.1) is 11.8 Å². The van der Waals surface area contributed by atoms with Crippen molar-refractivity contribution in [1.29, 1.82) is 0 Å². The van der Waals surface area contributed by atoms with E-state index in [-0.39, 0.29) is 6.10 Å². The highest BCUT2D eigenvalue weighted by Gasteiger charge is 2.34. The van der Waals surface area contributed by atoms with E-state index >= 15 is 0 Å². The third-order valence-electron chi connectivity index (χ3n) is 5.65. The van der Waals surface area contributed by atoms with Crippen LogP contribution in [0.15, 0.2) is 6.20 Å². The van der Waals surface area contributed by atoms with Crippen LogP contribution < -0.4 is 4.74 Å². The number of pyridine rings is 1. The number of ether oxygens (including phenoxy) is 1. The zero-order valence-electron chi connectivity index (χ0n) is 15.6. The smallest absolute Gasteiger partial charge is 0.144 e. The average Bonchev–Trinajstić information content (AvgIpc) is 2.44. The molecule has 1 aromatic rings. The van der Waals surface area contributed by atoms with E-state index in [1.54, 1.807) is 0 Å². The van der Waals surface area contributed by atoms with E-state index in [1.165, 1.54) is 17.5 Å². The van der Waals surface area contributed by atoms with Crippen LogP contribution in [0.4, 0.5) is 0 Å². The van der Waals surface area contributed by atoms with Crippen molar-refractivity contribution in [2.24, 2.45) is 17.8 Å². The first-order valence-corrected chi connectivity index (χ1v) is 8.90. The van der Waals surface area contributed by atoms with Crippen molar-refractivity contribution in [2.45, 2.75) is 79.8 Å². The number of hydrogen-bond acceptors (Lipinski definition) is 2. The lowest BCUT2D eigenvalue weighted by atomic mass is 9.74. The van der Waals surface area contributed by atoms with Crippen molar-refractivity contribution in [3.8, 4) is 5.75 Å². The molecule has 0 N–H and O–H groups in total. The zero-order chi connectivity index (χ0) is 16.6. The molecule has 1 aromatic heterocycles. The second kappa shape index (κ2) is 6.60. The van der Waals surface area contributed by atoms with Gasteiger partial charge in [0.25, 0.3) is 0 Å². The number of aromatic nitrogens is 1. The monoisotopic (exact) mass is 303 g/mol. The van der Waals surface area contributed by atoms with Crippen LogP contribution in [0.2, 0.25) is 0 Å². The summed E-state index contributed by atoms with van der Waals surface area (Å²) in [6, 6.07) is 0. The summed E-state index contributed by atoms with van der Waals surface area (Å²) in [5.74, 6) is 3.95. The molecule has 0 radical (unpaired) electrons. The van der Waals surface area contributed by atoms with Gasteiger partial charge in [-0.2, -0.15) is 0 Å². The van der Waals surface area contributed by atoms with Gasteiger partial charge < -0.3 is 4.74 Å². The molecule has 0 aromatic carbocycles. The Kier molecular flexibility index (Phi) is 5.19. The topological polar surface area (TPSA) is 22.1 Å². The molecule has 1 unspecified atom stereocenters. The maximum absolute atomic E-state index is 6.46. The molecule has 22 heavy (non-hydrogen) atoms. The van der Waals surface area contributed by atoms with E-state index in [9.17, 15) is 0 Å². The van der Waals surface area contributed by atoms with E-state index in [0.29, 0.717) is 29.6 Å². The minimum absolute atomic E-state index is 0.241. The van der Waals surface area contributed by atoms with Crippen LogP contribution in [0.25, 0.3) is 0 Å². The molecule has 1 aliphatic rings. The van der Waals surface area contributed by atoms with Crippen LogP contribution in [-0.2, 0) is 0 Å². The average molecular weight is 303 g/mol. The second-order valence-corrected chi connectivity index (χ2v) is 7.94. The lowest BCUT2D eigenvalue weighted by Crippen LogP contribution is -2.32. The van der Waals surface area contributed by atoms with Crippen LogP contribution in [0, 0.1) is 24.7 Å². The van der Waals surface area contributed by atoms with Crippen molar-refractivity contribution >= 4 is 0 Å². The maximum Gasteiger partial charge on any atom is 0.144 e. The maximum atomic E-state index is 6.46. The minimum Gasteiger partial charge on any atom is -0.488 e. The molecule has 0 aliphatic carbocycles. The van der Waals surface area contributed by atoms with Gasteiger partial charge in [0, 0.05) is 11.8 Å². The van der Waals surface area contributed by atoms with Gasteiger partial charge in [0.1, 0.15) is 5.75 Å². The minimum atomic E-state index is 0.241. The fraction of sp³-hybridized carbons (Fsp3) is 0.750. The molecular weight excluding hydrogens is 270 g/mol. The molecule has 2 nitrogen and oxygen atoms in total. The number of fused-ring (bicyclic) bond motifs is 1. The third-order valence-corrected chi connectivity index (χ3v) is 5.65. The van der Waals surface area contributed by atoms with Gasteiger partial charge in [-0.05, 0) is 55.4 Å². The molecule has 1 aliphatic heterocycles. The summed E-state index contributed by atoms with van der Waals surface area (Å²) < 4.78 is 6.46. The highest BCUT2D eigenvalue weighted by Crippen LogP contribution is 2.45. The Morgan fingerprint density at radius 2 is 1.77 bits per heavy atom. The highest BCUT2D eigenvalue weighted by atomic mass is 16.5. The molecule has 4 atom stereocenters. The van der Waals surface area contributed by atoms with E-state index in [4.69, 9.17) is 4.74 Å². The Labute approximate surface area is 136 Å². The van der Waals surface area contributed by atoms with Crippen molar-refractivity contribution in [2.75, 3.05) is 0 Å². The number of nitrogens with zero attached hydrogens (tertiary/aromatic N) is 1. The lowest BCUT2D eigenvalue weighted by Gasteiger charge is -2.37. The molecule has 0 spiro atoms. The normalized spacial score (nSPS) is 29.0. The number of rotatable bonds is 2. The van der Waals surface area contributed by atoms with Crippen molar-refractivity contribution in [3.05, 3.63) is 23.0 Å². The van der Waals surface area contributed by atoms with Gasteiger partial charge in [0.15, 0.2) is 0 Å². The van der Waals surface area contributed by atoms with E-state index < -0.39 is 0 Å². The summed E-state index contributed by atoms with van der Waals surface area (Å²) >= 11 is 0. The number of hydrogen-bond donors (Lipinski definition) is 0. The Morgan fingerprint density at radius 3 is 2.32 bits per heavy atom. The molecule has 2 heterocycles. The molecule has 0 saturated carbocycles. The quantitative estimate of drug-likeness (QED) is 0.699. The Bertz CT molecular complexity index is 521. The molecule has 0 amide bonds. The van der Waals surface area contributed by atoms with Gasteiger partial charge in [0.2, 0.25) is 0 Å². The first-order valence-electron chi connectivity index (χ1n) is 8.90. The highest BCUT2D eigenvalue weighted by molar-refractivity contribution is 5.46. The molecular formula is C20H33NO. The first-order chi connectivity index (χ1) is 10.2. The summed E-state index contributed by atoms with van der Waals surface area (Å²) in [6.45, 7) is 18.2. The molecule has 0 saturated heterocycles. The summed E-state index contributed by atoms with van der Waals surface area (Å²) in [6.07, 6.45) is 3.56. The van der Waals surface area contributed by atoms with Gasteiger partial charge in [-0.15, -0.1) is 0 Å². The van der Waals surface area contributed by atoms with Crippen LogP contribution >= 0.6 is 0 Å². The van der Waals surface area contributed by atoms with Crippen LogP contribution in [0.3, 0.4) is 0 Å². The van der Waals surface area contributed by atoms with E-state index in [2.05, 4.69) is 66.6 Å². The summed E-state index contributed by atoms with van der Waals surface area (Å²) in [4.78, 5) is 4.63. The summed E-state index contributed by atoms with van der Waals surface area (Å²) in [5.41, 5.74) is 3.84. The predicted octanol–water partition coefficient (Wildman–Crippen LogP) is 5.70. The van der Waals surface area contributed by atoms with Gasteiger partial charge in [-0.1, -0.05) is 41.5 Å². The number of aryl methyl sites for hydroxylation is 1. The molecule has 2 rings (SSSR count). The standard InChI is InChI=1S/C20H33NO/c1-11(2)17-9-13(5)14(6)16(8)22-20-15(7)21-10-18(12(3)4)19(17)20/h10-14,16-17H,9H2,1-8H3/t13-,14-,16-,17?/m1/s1. The molecule has 2 heteroatoms. The fourth-order valence-corrected chi connectivity index (χ4v) is 3.71. The zero-order valence-corrected chi connectivity index (χ0v) is 15.6. The molecule has 124 valence electrons. The van der Waals surface area contributed by atoms with Crippen LogP contribution in [0.5, 0.6) is 5.75 Å². The Hall–Kier alpha value is -1.05. The largest absolute Gasteiger partial charge is 0.488 e. The van der Waals surface area contributed by atoms with E-state index in [0.717, 1.165) is 11.4 Å². The fourth-order valence-electron chi connectivity index (χ4n) is 3.71. The van der Waals surface area contributed by atoms with Crippen LogP contribution in [0.1, 0.15) is 83.5 Å². The van der Waals surface area contributed by atoms with Crippen molar-refractivity contribution < 1.29 is 4.74 Å². The Balaban J connectivity index is 2.66. The predicted molar refractivity (Wildman–Crippen MR) is 93.7 cm³/mol. The van der Waals surface area contributed by atoms with Crippen LogP contribution in [-0.4, -0.2) is 11.1 Å². The SMILES string of the molecule is Cc1ncc(C(C)C)c2c1O[C@H](C)[C@H](C)[C@H](C)CC2C(C)C. The Morgan fingerprint density at radius 1 is 1.14 bits per heavy atom. The summed E-state index contributed by atoms with van der Waals surface area (Å²) in [7, 11) is 0. The van der Waals surface area contributed by atoms with Gasteiger partial charge >= 0.3 is 0 Å². The van der Waals surface area contributed by atoms with Crippen molar-refractivity contribution in [1.82, 2.24) is 4.98 Å². The third kappa shape index (κ3) is 3.16. The summed E-state index contributed by atoms with van der Waals surface area (Å²) in [5, 5.41) is 0.